The zero-order valence-electron chi connectivity index (χ0n) is 21.8. The normalized spacial score (nSPS) is 15.5. The van der Waals surface area contributed by atoms with Crippen LogP contribution in [0.1, 0.15) is 54.8 Å². The average molecular weight is 493 g/mol. The van der Waals surface area contributed by atoms with Crippen LogP contribution in [0.25, 0.3) is 11.4 Å². The number of nitrogens with one attached hydrogen (secondary N) is 1. The lowest BCUT2D eigenvalue weighted by Crippen LogP contribution is -2.41. The fourth-order valence-electron chi connectivity index (χ4n) is 4.65. The summed E-state index contributed by atoms with van der Waals surface area (Å²) < 4.78 is 16.2. The van der Waals surface area contributed by atoms with Crippen LogP contribution in [0.5, 0.6) is 11.5 Å². The van der Waals surface area contributed by atoms with Crippen LogP contribution in [0.15, 0.2) is 40.9 Å². The highest BCUT2D eigenvalue weighted by atomic mass is 16.5. The standard InChI is InChI=1S/C28H36N4O4/c1-6-23(21-8-7-18(2)19(3)15-21)29-28(33)20-11-13-32(14-12-20)17-26-30-27(31-36-26)22-9-10-24(34-4)25(16-22)35-5/h7-10,15-16,20,23H,6,11-14,17H2,1-5H3,(H,29,33). The van der Waals surface area contributed by atoms with E-state index in [2.05, 4.69) is 59.3 Å². The Kier molecular flexibility index (Phi) is 8.25. The van der Waals surface area contributed by atoms with Crippen molar-refractivity contribution in [3.05, 3.63) is 59.0 Å². The summed E-state index contributed by atoms with van der Waals surface area (Å²) >= 11 is 0. The van der Waals surface area contributed by atoms with E-state index in [4.69, 9.17) is 14.0 Å². The minimum Gasteiger partial charge on any atom is -0.493 e. The number of piperidine rings is 1. The summed E-state index contributed by atoms with van der Waals surface area (Å²) in [4.78, 5) is 19.8. The predicted molar refractivity (Wildman–Crippen MR) is 138 cm³/mol. The van der Waals surface area contributed by atoms with E-state index in [0.717, 1.165) is 37.9 Å². The topological polar surface area (TPSA) is 89.7 Å². The number of carbonyl (C=O) groups is 1. The van der Waals surface area contributed by atoms with Gasteiger partial charge in [-0.2, -0.15) is 4.98 Å². The minimum atomic E-state index is 0.0202. The summed E-state index contributed by atoms with van der Waals surface area (Å²) in [5.41, 5.74) is 4.49. The van der Waals surface area contributed by atoms with Crippen LogP contribution < -0.4 is 14.8 Å². The highest BCUT2D eigenvalue weighted by Crippen LogP contribution is 2.31. The van der Waals surface area contributed by atoms with Crippen molar-refractivity contribution >= 4 is 5.91 Å². The molecule has 8 heteroatoms. The molecule has 1 saturated heterocycles. The van der Waals surface area contributed by atoms with Crippen LogP contribution in [0.2, 0.25) is 0 Å². The van der Waals surface area contributed by atoms with Crippen molar-refractivity contribution in [3.63, 3.8) is 0 Å². The number of hydrogen-bond acceptors (Lipinski definition) is 7. The fourth-order valence-corrected chi connectivity index (χ4v) is 4.65. The monoisotopic (exact) mass is 492 g/mol. The second kappa shape index (κ2) is 11.6. The Morgan fingerprint density at radius 1 is 1.08 bits per heavy atom. The summed E-state index contributed by atoms with van der Waals surface area (Å²) in [6.45, 7) is 8.53. The Morgan fingerprint density at radius 3 is 2.50 bits per heavy atom. The largest absolute Gasteiger partial charge is 0.493 e. The molecule has 2 aromatic carbocycles. The van der Waals surface area contributed by atoms with Crippen molar-refractivity contribution in [3.8, 4) is 22.9 Å². The lowest BCUT2D eigenvalue weighted by atomic mass is 9.94. The first-order chi connectivity index (χ1) is 17.4. The smallest absolute Gasteiger partial charge is 0.241 e. The Bertz CT molecular complexity index is 1180. The molecule has 8 nitrogen and oxygen atoms in total. The number of carbonyl (C=O) groups excluding carboxylic acids is 1. The molecule has 0 spiro atoms. The molecule has 1 aliphatic heterocycles. The van der Waals surface area contributed by atoms with E-state index >= 15 is 0 Å². The molecule has 1 aliphatic rings. The molecule has 0 saturated carbocycles. The lowest BCUT2D eigenvalue weighted by Gasteiger charge is -2.31. The molecule has 1 N–H and O–H groups in total. The van der Waals surface area contributed by atoms with Gasteiger partial charge < -0.3 is 19.3 Å². The number of benzene rings is 2. The second-order valence-corrected chi connectivity index (χ2v) is 9.45. The van der Waals surface area contributed by atoms with Gasteiger partial charge in [-0.05, 0) is 81.1 Å². The van der Waals surface area contributed by atoms with E-state index in [1.807, 2.05) is 18.2 Å². The van der Waals surface area contributed by atoms with Crippen molar-refractivity contribution in [1.82, 2.24) is 20.4 Å². The van der Waals surface area contributed by atoms with Gasteiger partial charge in [-0.25, -0.2) is 0 Å². The number of methoxy groups -OCH3 is 2. The van der Waals surface area contributed by atoms with Gasteiger partial charge in [-0.3, -0.25) is 9.69 Å². The molecule has 0 radical (unpaired) electrons. The van der Waals surface area contributed by atoms with Crippen LogP contribution in [0.4, 0.5) is 0 Å². The van der Waals surface area contributed by atoms with E-state index in [1.165, 1.54) is 16.7 Å². The van der Waals surface area contributed by atoms with Gasteiger partial charge >= 0.3 is 0 Å². The molecule has 1 atom stereocenters. The molecule has 4 rings (SSSR count). The number of likely N-dealkylation sites (tertiary alicyclic amines) is 1. The number of rotatable bonds is 9. The number of aromatic nitrogens is 2. The van der Waals surface area contributed by atoms with Crippen molar-refractivity contribution in [1.29, 1.82) is 0 Å². The van der Waals surface area contributed by atoms with Gasteiger partial charge in [0, 0.05) is 11.5 Å². The molecule has 0 aliphatic carbocycles. The van der Waals surface area contributed by atoms with Gasteiger partial charge in [-0.1, -0.05) is 30.3 Å². The second-order valence-electron chi connectivity index (χ2n) is 9.45. The van der Waals surface area contributed by atoms with E-state index in [9.17, 15) is 4.79 Å². The van der Waals surface area contributed by atoms with Crippen molar-refractivity contribution < 1.29 is 18.8 Å². The van der Waals surface area contributed by atoms with Crippen LogP contribution >= 0.6 is 0 Å². The van der Waals surface area contributed by atoms with E-state index in [-0.39, 0.29) is 17.9 Å². The first-order valence-corrected chi connectivity index (χ1v) is 12.6. The number of aryl methyl sites for hydroxylation is 2. The first-order valence-electron chi connectivity index (χ1n) is 12.6. The number of amides is 1. The number of nitrogens with zero attached hydrogens (tertiary/aromatic N) is 3. The van der Waals surface area contributed by atoms with Crippen molar-refractivity contribution in [2.45, 2.75) is 52.6 Å². The molecule has 1 fully saturated rings. The highest BCUT2D eigenvalue weighted by Gasteiger charge is 2.27. The van der Waals surface area contributed by atoms with Crippen molar-refractivity contribution in [2.24, 2.45) is 5.92 Å². The summed E-state index contributed by atoms with van der Waals surface area (Å²) in [6, 6.07) is 12.0. The van der Waals surface area contributed by atoms with Crippen LogP contribution in [0, 0.1) is 19.8 Å². The maximum atomic E-state index is 13.0. The maximum absolute atomic E-state index is 13.0. The quantitative estimate of drug-likeness (QED) is 0.457. The third kappa shape index (κ3) is 5.87. The highest BCUT2D eigenvalue weighted by molar-refractivity contribution is 5.79. The third-order valence-corrected chi connectivity index (χ3v) is 7.09. The Morgan fingerprint density at radius 2 is 1.83 bits per heavy atom. The zero-order valence-corrected chi connectivity index (χ0v) is 21.8. The van der Waals surface area contributed by atoms with E-state index < -0.39 is 0 Å². The molecule has 1 amide bonds. The molecule has 192 valence electrons. The van der Waals surface area contributed by atoms with Gasteiger partial charge in [0.05, 0.1) is 26.8 Å². The van der Waals surface area contributed by atoms with Gasteiger partial charge in [0.1, 0.15) is 0 Å². The fraction of sp³-hybridized carbons (Fsp3) is 0.464. The third-order valence-electron chi connectivity index (χ3n) is 7.09. The SMILES string of the molecule is CCC(NC(=O)C1CCN(Cc2nc(-c3ccc(OC)c(OC)c3)no2)CC1)c1ccc(C)c(C)c1. The van der Waals surface area contributed by atoms with Gasteiger partial charge in [0.25, 0.3) is 0 Å². The molecular formula is C28H36N4O4. The lowest BCUT2D eigenvalue weighted by molar-refractivity contribution is -0.127. The van der Waals surface area contributed by atoms with Gasteiger partial charge in [0.15, 0.2) is 11.5 Å². The van der Waals surface area contributed by atoms with Gasteiger partial charge in [-0.15, -0.1) is 0 Å². The summed E-state index contributed by atoms with van der Waals surface area (Å²) in [5, 5.41) is 7.42. The molecule has 36 heavy (non-hydrogen) atoms. The van der Waals surface area contributed by atoms with Gasteiger partial charge in [0.2, 0.25) is 17.6 Å². The minimum absolute atomic E-state index is 0.0202. The Balaban J connectivity index is 1.30. The molecule has 1 unspecified atom stereocenters. The van der Waals surface area contributed by atoms with Crippen LogP contribution in [0.3, 0.4) is 0 Å². The summed E-state index contributed by atoms with van der Waals surface area (Å²) in [6.07, 6.45) is 2.49. The van der Waals surface area contributed by atoms with Crippen molar-refractivity contribution in [2.75, 3.05) is 27.3 Å². The first kappa shape index (κ1) is 25.7. The molecule has 3 aromatic rings. The number of hydrogen-bond donors (Lipinski definition) is 1. The average Bonchev–Trinajstić information content (AvgIpc) is 3.37. The summed E-state index contributed by atoms with van der Waals surface area (Å²) in [5.74, 6) is 2.50. The zero-order chi connectivity index (χ0) is 25.7. The maximum Gasteiger partial charge on any atom is 0.241 e. The number of ether oxygens (including phenoxy) is 2. The van der Waals surface area contributed by atoms with Crippen LogP contribution in [-0.2, 0) is 11.3 Å². The molecule has 2 heterocycles. The predicted octanol–water partition coefficient (Wildman–Crippen LogP) is 4.85. The summed E-state index contributed by atoms with van der Waals surface area (Å²) in [7, 11) is 3.20. The Hall–Kier alpha value is -3.39. The van der Waals surface area contributed by atoms with E-state index in [0.29, 0.717) is 29.8 Å². The Labute approximate surface area is 213 Å². The molecular weight excluding hydrogens is 456 g/mol. The van der Waals surface area contributed by atoms with E-state index in [1.54, 1.807) is 14.2 Å². The molecule has 0 bridgehead atoms. The van der Waals surface area contributed by atoms with Crippen LogP contribution in [-0.4, -0.2) is 48.3 Å². The molecule has 1 aromatic heterocycles.